The Labute approximate surface area is 254 Å². The largest absolute Gasteiger partial charge is 0.356 e. The van der Waals surface area contributed by atoms with E-state index in [9.17, 15) is 28.8 Å². The van der Waals surface area contributed by atoms with Gasteiger partial charge in [0.25, 0.3) is 5.91 Å². The van der Waals surface area contributed by atoms with Gasteiger partial charge in [0.2, 0.25) is 29.4 Å². The lowest BCUT2D eigenvalue weighted by atomic mass is 9.69. The quantitative estimate of drug-likeness (QED) is 0.223. The summed E-state index contributed by atoms with van der Waals surface area (Å²) in [6.07, 6.45) is 11.3. The number of Topliss-reactive ketones (excluding diaryl/α,β-unsaturated/α-hetero) is 1. The molecular weight excluding hydrogens is 550 g/mol. The molecule has 6 fully saturated rings. The van der Waals surface area contributed by atoms with Crippen LogP contribution in [0.4, 0.5) is 0 Å². The molecule has 11 nitrogen and oxygen atoms in total. The Hall–Kier alpha value is -2.98. The lowest BCUT2D eigenvalue weighted by Gasteiger charge is -2.39. The first-order valence-corrected chi connectivity index (χ1v) is 16.6. The molecule has 5 saturated carbocycles. The number of carbonyl (C=O) groups is 6. The maximum Gasteiger partial charge on any atom is 0.289 e. The smallest absolute Gasteiger partial charge is 0.289 e. The number of fused-ring (bicyclic) bond motifs is 1. The van der Waals surface area contributed by atoms with Crippen LogP contribution < -0.4 is 21.3 Å². The molecule has 4 atom stereocenters. The highest BCUT2D eigenvalue weighted by Gasteiger charge is 2.56. The topological polar surface area (TPSA) is 154 Å². The van der Waals surface area contributed by atoms with Crippen molar-refractivity contribution in [3.63, 3.8) is 0 Å². The van der Waals surface area contributed by atoms with Gasteiger partial charge in [-0.25, -0.2) is 0 Å². The van der Waals surface area contributed by atoms with Crippen LogP contribution in [0.2, 0.25) is 0 Å². The molecule has 1 aliphatic heterocycles. The monoisotopic (exact) mass is 599 g/mol. The first kappa shape index (κ1) is 31.4. The summed E-state index contributed by atoms with van der Waals surface area (Å²) < 4.78 is 0. The van der Waals surface area contributed by atoms with Gasteiger partial charge >= 0.3 is 0 Å². The number of piperidine rings is 1. The Morgan fingerprint density at radius 1 is 0.977 bits per heavy atom. The molecule has 0 spiro atoms. The van der Waals surface area contributed by atoms with Crippen LogP contribution in [0.3, 0.4) is 0 Å². The number of ketones is 1. The summed E-state index contributed by atoms with van der Waals surface area (Å²) in [6.45, 7) is 2.48. The van der Waals surface area contributed by atoms with Crippen molar-refractivity contribution in [1.82, 2.24) is 26.2 Å². The van der Waals surface area contributed by atoms with Gasteiger partial charge < -0.3 is 26.2 Å². The Balaban J connectivity index is 1.30. The van der Waals surface area contributed by atoms with Gasteiger partial charge in [0.15, 0.2) is 0 Å². The van der Waals surface area contributed by atoms with Crippen LogP contribution in [-0.2, 0) is 28.8 Å². The van der Waals surface area contributed by atoms with Gasteiger partial charge in [-0.3, -0.25) is 28.8 Å². The average Bonchev–Trinajstić information content (AvgIpc) is 3.35. The number of carbonyl (C=O) groups excluding carboxylic acids is 6. The zero-order valence-corrected chi connectivity index (χ0v) is 25.8. The van der Waals surface area contributed by atoms with E-state index in [0.29, 0.717) is 31.7 Å². The molecule has 1 heterocycles. The van der Waals surface area contributed by atoms with E-state index in [0.717, 1.165) is 70.6 Å². The van der Waals surface area contributed by atoms with Crippen molar-refractivity contribution < 1.29 is 28.8 Å². The van der Waals surface area contributed by atoms with Gasteiger partial charge in [0, 0.05) is 31.0 Å². The van der Waals surface area contributed by atoms with Crippen molar-refractivity contribution in [3.8, 4) is 0 Å². The van der Waals surface area contributed by atoms with E-state index in [-0.39, 0.29) is 41.5 Å². The van der Waals surface area contributed by atoms with Crippen LogP contribution >= 0.6 is 0 Å². The zero-order valence-electron chi connectivity index (χ0n) is 25.8. The van der Waals surface area contributed by atoms with E-state index in [1.807, 2.05) is 6.92 Å². The van der Waals surface area contributed by atoms with Gasteiger partial charge in [-0.2, -0.15) is 0 Å². The van der Waals surface area contributed by atoms with Gasteiger partial charge in [-0.05, 0) is 88.9 Å². The van der Waals surface area contributed by atoms with Crippen LogP contribution in [0.15, 0.2) is 0 Å². The number of nitrogens with one attached hydrogen (secondary N) is 4. The maximum absolute atomic E-state index is 14.1. The predicted octanol–water partition coefficient (Wildman–Crippen LogP) is 1.73. The van der Waals surface area contributed by atoms with Crippen LogP contribution in [0.1, 0.15) is 103 Å². The Kier molecular flexibility index (Phi) is 9.76. The standard InChI is InChI=1S/C32H49N5O6/c1-3-7-24(28(40)35-23(16-21-10-6-15-33-27(21)39)26(38)29(41)34-22-11-12-22)37(2)30(42)25(20-8-4-5-9-20)36-31(43)32-14-13-19(17-32)18-32/h19-25H,3-18H2,1-2H3,(H,33,39)(H,34,41)(H,35,40)(H,36,43)/t19?,21-,23-,24-,25+,32?/m0/s1. The van der Waals surface area contributed by atoms with E-state index in [4.69, 9.17) is 0 Å². The Morgan fingerprint density at radius 3 is 2.30 bits per heavy atom. The molecule has 11 heteroatoms. The minimum atomic E-state index is -1.18. The minimum absolute atomic E-state index is 0.0168. The molecule has 0 unspecified atom stereocenters. The number of rotatable bonds is 14. The van der Waals surface area contributed by atoms with E-state index in [1.165, 1.54) is 4.90 Å². The second kappa shape index (κ2) is 13.3. The summed E-state index contributed by atoms with van der Waals surface area (Å²) in [5.74, 6) is -2.43. The zero-order chi connectivity index (χ0) is 30.7. The Morgan fingerprint density at radius 2 is 1.70 bits per heavy atom. The van der Waals surface area contributed by atoms with E-state index >= 15 is 0 Å². The van der Waals surface area contributed by atoms with Crippen molar-refractivity contribution in [2.24, 2.45) is 23.2 Å². The van der Waals surface area contributed by atoms with Gasteiger partial charge in [-0.15, -0.1) is 0 Å². The molecule has 2 bridgehead atoms. The van der Waals surface area contributed by atoms with E-state index in [2.05, 4.69) is 21.3 Å². The summed E-state index contributed by atoms with van der Waals surface area (Å²) in [4.78, 5) is 81.3. The number of nitrogens with zero attached hydrogens (tertiary/aromatic N) is 1. The van der Waals surface area contributed by atoms with Crippen molar-refractivity contribution in [1.29, 1.82) is 0 Å². The lowest BCUT2D eigenvalue weighted by molar-refractivity contribution is -0.147. The normalized spacial score (nSPS) is 28.6. The van der Waals surface area contributed by atoms with E-state index in [1.54, 1.807) is 7.05 Å². The summed E-state index contributed by atoms with van der Waals surface area (Å²) in [5, 5.41) is 11.4. The summed E-state index contributed by atoms with van der Waals surface area (Å²) in [7, 11) is 1.59. The maximum atomic E-state index is 14.1. The fraction of sp³-hybridized carbons (Fsp3) is 0.812. The summed E-state index contributed by atoms with van der Waals surface area (Å²) in [5.41, 5.74) is -0.347. The molecule has 5 amide bonds. The van der Waals surface area contributed by atoms with Gasteiger partial charge in [0.1, 0.15) is 12.1 Å². The van der Waals surface area contributed by atoms with Crippen molar-refractivity contribution in [3.05, 3.63) is 0 Å². The SMILES string of the molecule is CCC[C@@H](C(=O)N[C@@H](C[C@@H]1CCCNC1=O)C(=O)C(=O)NC1CC1)N(C)C(=O)[C@H](NC(=O)C12CCC(C1)C2)C1CCCC1. The number of hydrogen-bond donors (Lipinski definition) is 4. The molecule has 6 rings (SSSR count). The molecule has 0 aromatic heterocycles. The third-order valence-corrected chi connectivity index (χ3v) is 10.7. The molecule has 0 radical (unpaired) electrons. The van der Waals surface area contributed by atoms with Crippen LogP contribution in [0.25, 0.3) is 0 Å². The van der Waals surface area contributed by atoms with Gasteiger partial charge in [0.05, 0.1) is 6.04 Å². The second-order valence-electron chi connectivity index (χ2n) is 13.9. The van der Waals surface area contributed by atoms with Crippen molar-refractivity contribution >= 4 is 35.3 Å². The van der Waals surface area contributed by atoms with Crippen molar-refractivity contribution in [2.45, 2.75) is 127 Å². The molecule has 4 N–H and O–H groups in total. The third-order valence-electron chi connectivity index (χ3n) is 10.7. The Bertz CT molecular complexity index is 1100. The van der Waals surface area contributed by atoms with Gasteiger partial charge in [-0.1, -0.05) is 26.2 Å². The summed E-state index contributed by atoms with van der Waals surface area (Å²) >= 11 is 0. The molecule has 0 aromatic carbocycles. The predicted molar refractivity (Wildman–Crippen MR) is 158 cm³/mol. The first-order chi connectivity index (χ1) is 20.6. The second-order valence-corrected chi connectivity index (χ2v) is 13.9. The van der Waals surface area contributed by atoms with Crippen LogP contribution in [0, 0.1) is 23.2 Å². The minimum Gasteiger partial charge on any atom is -0.356 e. The average molecular weight is 600 g/mol. The number of likely N-dealkylation sites (N-methyl/N-ethyl adjacent to an activating group) is 1. The molecule has 6 aliphatic rings. The molecular formula is C32H49N5O6. The van der Waals surface area contributed by atoms with Crippen LogP contribution in [-0.4, -0.2) is 78.0 Å². The highest BCUT2D eigenvalue weighted by Crippen LogP contribution is 2.59. The molecule has 0 aromatic rings. The van der Waals surface area contributed by atoms with E-state index < -0.39 is 41.6 Å². The lowest BCUT2D eigenvalue weighted by Crippen LogP contribution is -2.60. The molecule has 238 valence electrons. The number of amides is 5. The summed E-state index contributed by atoms with van der Waals surface area (Å²) in [6, 6.07) is -2.80. The van der Waals surface area contributed by atoms with Crippen molar-refractivity contribution in [2.75, 3.05) is 13.6 Å². The third kappa shape index (κ3) is 7.06. The highest BCUT2D eigenvalue weighted by molar-refractivity contribution is 6.38. The molecule has 43 heavy (non-hydrogen) atoms. The fourth-order valence-corrected chi connectivity index (χ4v) is 7.83. The molecule has 5 aliphatic carbocycles. The number of hydrogen-bond acceptors (Lipinski definition) is 6. The van der Waals surface area contributed by atoms with Crippen LogP contribution in [0.5, 0.6) is 0 Å². The fourth-order valence-electron chi connectivity index (χ4n) is 7.83. The molecule has 1 saturated heterocycles. The highest BCUT2D eigenvalue weighted by atomic mass is 16.2. The first-order valence-electron chi connectivity index (χ1n) is 16.6.